The second-order valence-electron chi connectivity index (χ2n) is 7.95. The van der Waals surface area contributed by atoms with Crippen molar-refractivity contribution in [3.8, 4) is 11.5 Å². The van der Waals surface area contributed by atoms with Crippen LogP contribution in [0.5, 0.6) is 11.5 Å². The molecule has 1 amide bonds. The molecular formula is C21H33N3O5S. The molecule has 168 valence electrons. The van der Waals surface area contributed by atoms with E-state index >= 15 is 0 Å². The number of sulfonamides is 1. The maximum Gasteiger partial charge on any atom is 0.255 e. The number of carbonyl (C=O) groups is 1. The zero-order valence-corrected chi connectivity index (χ0v) is 18.9. The van der Waals surface area contributed by atoms with Crippen LogP contribution in [0.15, 0.2) is 17.0 Å². The number of nitrogens with one attached hydrogen (secondary N) is 2. The summed E-state index contributed by atoms with van der Waals surface area (Å²) < 4.78 is 37.5. The summed E-state index contributed by atoms with van der Waals surface area (Å²) in [6.07, 6.45) is 8.56. The van der Waals surface area contributed by atoms with E-state index < -0.39 is 10.0 Å². The molecule has 0 aromatic heterocycles. The molecule has 2 N–H and O–H groups in total. The van der Waals surface area contributed by atoms with Gasteiger partial charge in [-0.1, -0.05) is 19.3 Å². The van der Waals surface area contributed by atoms with Crippen molar-refractivity contribution in [2.75, 3.05) is 34.4 Å². The lowest BCUT2D eigenvalue weighted by molar-refractivity contribution is 0.0916. The van der Waals surface area contributed by atoms with Gasteiger partial charge in [0.1, 0.15) is 0 Å². The van der Waals surface area contributed by atoms with Crippen molar-refractivity contribution in [3.63, 3.8) is 0 Å². The van der Waals surface area contributed by atoms with Crippen LogP contribution in [-0.2, 0) is 10.0 Å². The van der Waals surface area contributed by atoms with E-state index in [0.29, 0.717) is 18.6 Å². The first-order valence-electron chi connectivity index (χ1n) is 10.6. The first-order chi connectivity index (χ1) is 14.4. The van der Waals surface area contributed by atoms with Gasteiger partial charge in [0.05, 0.1) is 24.7 Å². The van der Waals surface area contributed by atoms with E-state index in [1.807, 2.05) is 0 Å². The minimum atomic E-state index is -3.74. The molecule has 2 aliphatic rings. The molecule has 30 heavy (non-hydrogen) atoms. The van der Waals surface area contributed by atoms with Gasteiger partial charge >= 0.3 is 0 Å². The van der Waals surface area contributed by atoms with Gasteiger partial charge in [0.2, 0.25) is 10.0 Å². The zero-order chi connectivity index (χ0) is 21.7. The van der Waals surface area contributed by atoms with E-state index in [2.05, 4.69) is 14.9 Å². The lowest BCUT2D eigenvalue weighted by Gasteiger charge is -2.35. The molecule has 1 heterocycles. The molecule has 1 saturated carbocycles. The van der Waals surface area contributed by atoms with Crippen LogP contribution >= 0.6 is 0 Å². The van der Waals surface area contributed by atoms with Gasteiger partial charge in [-0.05, 0) is 45.3 Å². The SMILES string of the molecule is CNS(=O)(=O)c1cc(OC)c(OC)c(C(=O)NCC2CCCN2C2CCCCC2)c1. The molecule has 1 aromatic carbocycles. The Hall–Kier alpha value is -1.84. The van der Waals surface area contributed by atoms with Gasteiger partial charge in [-0.15, -0.1) is 0 Å². The molecule has 8 nitrogen and oxygen atoms in total. The summed E-state index contributed by atoms with van der Waals surface area (Å²) in [6, 6.07) is 3.61. The minimum absolute atomic E-state index is 0.0440. The van der Waals surface area contributed by atoms with Crippen molar-refractivity contribution in [1.82, 2.24) is 14.9 Å². The van der Waals surface area contributed by atoms with E-state index in [9.17, 15) is 13.2 Å². The molecular weight excluding hydrogens is 406 g/mol. The Bertz CT molecular complexity index is 852. The summed E-state index contributed by atoms with van der Waals surface area (Å²) in [4.78, 5) is 15.5. The fourth-order valence-corrected chi connectivity index (χ4v) is 5.43. The Morgan fingerprint density at radius 1 is 1.10 bits per heavy atom. The number of ether oxygens (including phenoxy) is 2. The number of nitrogens with zero attached hydrogens (tertiary/aromatic N) is 1. The third-order valence-electron chi connectivity index (χ3n) is 6.24. The molecule has 1 saturated heterocycles. The van der Waals surface area contributed by atoms with Gasteiger partial charge in [-0.25, -0.2) is 13.1 Å². The quantitative estimate of drug-likeness (QED) is 0.644. The highest BCUT2D eigenvalue weighted by molar-refractivity contribution is 7.89. The van der Waals surface area contributed by atoms with Crippen molar-refractivity contribution in [1.29, 1.82) is 0 Å². The molecule has 1 atom stereocenters. The number of hydrogen-bond acceptors (Lipinski definition) is 6. The first-order valence-corrected chi connectivity index (χ1v) is 12.1. The fraction of sp³-hybridized carbons (Fsp3) is 0.667. The van der Waals surface area contributed by atoms with E-state index in [0.717, 1.165) is 19.4 Å². The number of methoxy groups -OCH3 is 2. The summed E-state index contributed by atoms with van der Waals surface area (Å²) in [5, 5.41) is 3.00. The molecule has 0 spiro atoms. The van der Waals surface area contributed by atoms with Gasteiger partial charge in [-0.2, -0.15) is 0 Å². The number of carbonyl (C=O) groups excluding carboxylic acids is 1. The maximum atomic E-state index is 13.0. The van der Waals surface area contributed by atoms with Crippen LogP contribution in [0.2, 0.25) is 0 Å². The molecule has 1 aliphatic carbocycles. The number of likely N-dealkylation sites (tertiary alicyclic amines) is 1. The maximum absolute atomic E-state index is 13.0. The molecule has 9 heteroatoms. The average molecular weight is 440 g/mol. The third kappa shape index (κ3) is 4.90. The average Bonchev–Trinajstić information content (AvgIpc) is 3.25. The molecule has 1 aliphatic heterocycles. The van der Waals surface area contributed by atoms with Crippen molar-refractivity contribution in [2.45, 2.75) is 61.9 Å². The molecule has 2 fully saturated rings. The highest BCUT2D eigenvalue weighted by atomic mass is 32.2. The van der Waals surface area contributed by atoms with E-state index in [4.69, 9.17) is 9.47 Å². The lowest BCUT2D eigenvalue weighted by atomic mass is 9.94. The molecule has 0 radical (unpaired) electrons. The van der Waals surface area contributed by atoms with Crippen LogP contribution in [0.4, 0.5) is 0 Å². The van der Waals surface area contributed by atoms with Gasteiger partial charge in [0.15, 0.2) is 11.5 Å². The van der Waals surface area contributed by atoms with Gasteiger partial charge in [0.25, 0.3) is 5.91 Å². The number of hydrogen-bond donors (Lipinski definition) is 2. The topological polar surface area (TPSA) is 97.0 Å². The Balaban J connectivity index is 1.78. The van der Waals surface area contributed by atoms with Gasteiger partial charge < -0.3 is 14.8 Å². The Morgan fingerprint density at radius 2 is 1.83 bits per heavy atom. The van der Waals surface area contributed by atoms with Crippen LogP contribution < -0.4 is 19.5 Å². The Morgan fingerprint density at radius 3 is 2.47 bits per heavy atom. The van der Waals surface area contributed by atoms with Crippen LogP contribution in [0.3, 0.4) is 0 Å². The Labute approximate surface area is 179 Å². The van der Waals surface area contributed by atoms with Crippen LogP contribution in [-0.4, -0.2) is 65.7 Å². The highest BCUT2D eigenvalue weighted by Gasteiger charge is 2.32. The van der Waals surface area contributed by atoms with E-state index in [1.165, 1.54) is 65.5 Å². The van der Waals surface area contributed by atoms with E-state index in [1.54, 1.807) is 0 Å². The van der Waals surface area contributed by atoms with Gasteiger partial charge in [0, 0.05) is 24.7 Å². The van der Waals surface area contributed by atoms with Crippen molar-refractivity contribution < 1.29 is 22.7 Å². The fourth-order valence-electron chi connectivity index (χ4n) is 4.66. The van der Waals surface area contributed by atoms with Gasteiger partial charge in [-0.3, -0.25) is 9.69 Å². The largest absolute Gasteiger partial charge is 0.493 e. The standard InChI is InChI=1S/C21H33N3O5S/c1-22-30(26,27)17-12-18(20(29-3)19(13-17)28-2)21(25)23-14-16-10-7-11-24(16)15-8-5-4-6-9-15/h12-13,15-16,22H,4-11,14H2,1-3H3,(H,23,25). The van der Waals surface area contributed by atoms with Crippen molar-refractivity contribution >= 4 is 15.9 Å². The molecule has 1 unspecified atom stereocenters. The molecule has 3 rings (SSSR count). The predicted octanol–water partition coefficient (Wildman–Crippen LogP) is 2.14. The summed E-state index contributed by atoms with van der Waals surface area (Å²) in [6.45, 7) is 1.61. The molecule has 0 bridgehead atoms. The zero-order valence-electron chi connectivity index (χ0n) is 18.1. The smallest absolute Gasteiger partial charge is 0.255 e. The van der Waals surface area contributed by atoms with E-state index in [-0.39, 0.29) is 27.9 Å². The highest BCUT2D eigenvalue weighted by Crippen LogP contribution is 2.34. The van der Waals surface area contributed by atoms with Crippen LogP contribution in [0.1, 0.15) is 55.3 Å². The lowest BCUT2D eigenvalue weighted by Crippen LogP contribution is -2.45. The number of benzene rings is 1. The summed E-state index contributed by atoms with van der Waals surface area (Å²) in [5.74, 6) is 0.0538. The van der Waals surface area contributed by atoms with Crippen molar-refractivity contribution in [3.05, 3.63) is 17.7 Å². The third-order valence-corrected chi connectivity index (χ3v) is 7.63. The second-order valence-corrected chi connectivity index (χ2v) is 9.84. The normalized spacial score (nSPS) is 20.8. The molecule has 1 aromatic rings. The number of amides is 1. The van der Waals surface area contributed by atoms with Crippen molar-refractivity contribution in [2.24, 2.45) is 0 Å². The predicted molar refractivity (Wildman–Crippen MR) is 115 cm³/mol. The summed E-state index contributed by atoms with van der Waals surface area (Å²) in [5.41, 5.74) is 0.146. The Kier molecular flexibility index (Phi) is 7.60. The summed E-state index contributed by atoms with van der Waals surface area (Å²) >= 11 is 0. The first kappa shape index (κ1) is 22.8. The monoisotopic (exact) mass is 439 g/mol. The second kappa shape index (κ2) is 9.98. The van der Waals surface area contributed by atoms with Crippen LogP contribution in [0, 0.1) is 0 Å². The van der Waals surface area contributed by atoms with Crippen LogP contribution in [0.25, 0.3) is 0 Å². The summed E-state index contributed by atoms with van der Waals surface area (Å²) in [7, 11) is 0.431. The number of rotatable bonds is 8. The minimum Gasteiger partial charge on any atom is -0.493 e.